The number of amides is 1. The lowest BCUT2D eigenvalue weighted by Crippen LogP contribution is -2.53. The van der Waals surface area contributed by atoms with Crippen LogP contribution < -0.4 is 10.1 Å². The van der Waals surface area contributed by atoms with Crippen LogP contribution in [-0.4, -0.2) is 16.8 Å². The van der Waals surface area contributed by atoms with Gasteiger partial charge in [0.15, 0.2) is 0 Å². The molecule has 0 unspecified atom stereocenters. The van der Waals surface area contributed by atoms with E-state index >= 15 is 0 Å². The highest BCUT2D eigenvalue weighted by Gasteiger charge is 2.57. The van der Waals surface area contributed by atoms with Crippen molar-refractivity contribution in [3.8, 4) is 5.75 Å². The highest BCUT2D eigenvalue weighted by molar-refractivity contribution is 9.10. The average molecular weight is 449 g/mol. The topological polar surface area (TPSA) is 38.3 Å². The van der Waals surface area contributed by atoms with Crippen molar-refractivity contribution >= 4 is 39.1 Å². The Kier molecular flexibility index (Phi) is 4.71. The van der Waals surface area contributed by atoms with Crippen LogP contribution in [0.1, 0.15) is 44.9 Å². The van der Waals surface area contributed by atoms with E-state index in [0.29, 0.717) is 12.1 Å². The summed E-state index contributed by atoms with van der Waals surface area (Å²) in [5.41, 5.74) is 0.583. The molecule has 4 aliphatic carbocycles. The first-order chi connectivity index (χ1) is 12.2. The van der Waals surface area contributed by atoms with E-state index in [1.807, 2.05) is 0 Å². The summed E-state index contributed by atoms with van der Waals surface area (Å²) < 4.78 is 29.1. The van der Waals surface area contributed by atoms with Gasteiger partial charge in [0.1, 0.15) is 5.75 Å². The van der Waals surface area contributed by atoms with Gasteiger partial charge in [0.2, 0.25) is 5.91 Å². The van der Waals surface area contributed by atoms with Gasteiger partial charge in [-0.3, -0.25) is 4.79 Å². The zero-order chi connectivity index (χ0) is 18.5. The molecule has 4 bridgehead atoms. The van der Waals surface area contributed by atoms with E-state index in [4.69, 9.17) is 11.6 Å². The van der Waals surface area contributed by atoms with Crippen molar-refractivity contribution < 1.29 is 18.3 Å². The van der Waals surface area contributed by atoms with Crippen LogP contribution in [0.2, 0.25) is 5.02 Å². The smallest absolute Gasteiger partial charge is 0.387 e. The Balaban J connectivity index is 1.42. The van der Waals surface area contributed by atoms with Gasteiger partial charge in [0.05, 0.1) is 5.02 Å². The van der Waals surface area contributed by atoms with E-state index in [1.165, 1.54) is 37.5 Å². The van der Waals surface area contributed by atoms with Crippen LogP contribution in [0.25, 0.3) is 0 Å². The van der Waals surface area contributed by atoms with Crippen LogP contribution in [0, 0.1) is 17.3 Å². The molecule has 0 radical (unpaired) electrons. The Morgan fingerprint density at radius 2 is 2.00 bits per heavy atom. The second-order valence-electron chi connectivity index (χ2n) is 8.36. The number of carbonyl (C=O) groups is 1. The number of anilines is 1. The van der Waals surface area contributed by atoms with Crippen LogP contribution in [-0.2, 0) is 4.79 Å². The van der Waals surface area contributed by atoms with E-state index in [-0.39, 0.29) is 26.4 Å². The monoisotopic (exact) mass is 447 g/mol. The molecule has 3 nitrogen and oxygen atoms in total. The van der Waals surface area contributed by atoms with Crippen LogP contribution >= 0.6 is 27.5 Å². The summed E-state index contributed by atoms with van der Waals surface area (Å²) in [6, 6.07) is 4.33. The molecule has 142 valence electrons. The Morgan fingerprint density at radius 1 is 1.31 bits per heavy atom. The van der Waals surface area contributed by atoms with Crippen LogP contribution in [0.4, 0.5) is 14.5 Å². The first-order valence-electron chi connectivity index (χ1n) is 8.97. The molecule has 1 N–H and O–H groups in total. The van der Waals surface area contributed by atoms with Gasteiger partial charge in [-0.15, -0.1) is 0 Å². The molecule has 2 atom stereocenters. The summed E-state index contributed by atoms with van der Waals surface area (Å²) >= 11 is 9.92. The molecular weight excluding hydrogens is 428 g/mol. The van der Waals surface area contributed by atoms with Gasteiger partial charge in [0.25, 0.3) is 0 Å². The Hall–Kier alpha value is -0.880. The summed E-state index contributed by atoms with van der Waals surface area (Å²) in [5, 5.41) is 2.92. The van der Waals surface area contributed by atoms with Crippen molar-refractivity contribution in [3.05, 3.63) is 23.2 Å². The van der Waals surface area contributed by atoms with E-state index < -0.39 is 6.61 Å². The molecule has 0 heterocycles. The fraction of sp³-hybridized carbons (Fsp3) is 0.632. The van der Waals surface area contributed by atoms with Gasteiger partial charge in [0, 0.05) is 16.4 Å². The van der Waals surface area contributed by atoms with Gasteiger partial charge in [-0.2, -0.15) is 8.78 Å². The molecule has 0 saturated heterocycles. The van der Waals surface area contributed by atoms with Crippen LogP contribution in [0.3, 0.4) is 0 Å². The average Bonchev–Trinajstić information content (AvgIpc) is 2.46. The SMILES string of the molecule is O=C(CC12C[C@H]3C[C@@H](CC(Br)(C3)C1)C2)Nc1ccc(OC(F)F)c(Cl)c1. The summed E-state index contributed by atoms with van der Waals surface area (Å²) in [4.78, 5) is 12.7. The predicted molar refractivity (Wildman–Crippen MR) is 100 cm³/mol. The zero-order valence-electron chi connectivity index (χ0n) is 14.2. The molecular formula is C19H21BrClF2NO2. The lowest BCUT2D eigenvalue weighted by molar-refractivity contribution is -0.123. The Labute approximate surface area is 164 Å². The largest absolute Gasteiger partial charge is 0.433 e. The molecule has 4 fully saturated rings. The lowest BCUT2D eigenvalue weighted by Gasteiger charge is -2.60. The van der Waals surface area contributed by atoms with Crippen LogP contribution in [0.15, 0.2) is 18.2 Å². The number of alkyl halides is 3. The maximum atomic E-state index is 12.7. The number of halogens is 4. The molecule has 1 aromatic rings. The molecule has 7 heteroatoms. The molecule has 4 saturated carbocycles. The third-order valence-electron chi connectivity index (χ3n) is 6.08. The summed E-state index contributed by atoms with van der Waals surface area (Å²) in [6.07, 6.45) is 7.58. The number of ether oxygens (including phenoxy) is 1. The number of carbonyl (C=O) groups excluding carboxylic acids is 1. The summed E-state index contributed by atoms with van der Waals surface area (Å²) in [5.74, 6) is 1.32. The zero-order valence-corrected chi connectivity index (χ0v) is 16.6. The van der Waals surface area contributed by atoms with Gasteiger partial charge < -0.3 is 10.1 Å². The Bertz CT molecular complexity index is 715. The fourth-order valence-corrected chi connectivity index (χ4v) is 7.59. The molecule has 4 aliphatic rings. The summed E-state index contributed by atoms with van der Waals surface area (Å²) in [6.45, 7) is -2.93. The Morgan fingerprint density at radius 3 is 2.58 bits per heavy atom. The number of rotatable bonds is 5. The number of hydrogen-bond acceptors (Lipinski definition) is 2. The third kappa shape index (κ3) is 3.72. The molecule has 0 spiro atoms. The maximum Gasteiger partial charge on any atom is 0.387 e. The van der Waals surface area contributed by atoms with Crippen molar-refractivity contribution in [2.45, 2.75) is 55.9 Å². The van der Waals surface area contributed by atoms with E-state index in [9.17, 15) is 13.6 Å². The van der Waals surface area contributed by atoms with E-state index in [0.717, 1.165) is 31.1 Å². The van der Waals surface area contributed by atoms with Crippen molar-refractivity contribution in [2.24, 2.45) is 17.3 Å². The lowest BCUT2D eigenvalue weighted by atomic mass is 9.48. The molecule has 0 aliphatic heterocycles. The highest BCUT2D eigenvalue weighted by atomic mass is 79.9. The maximum absolute atomic E-state index is 12.7. The molecule has 1 aromatic carbocycles. The van der Waals surface area contributed by atoms with Crippen molar-refractivity contribution in [1.82, 2.24) is 0 Å². The quantitative estimate of drug-likeness (QED) is 0.561. The van der Waals surface area contributed by atoms with Crippen molar-refractivity contribution in [3.63, 3.8) is 0 Å². The molecule has 5 rings (SSSR count). The fourth-order valence-electron chi connectivity index (χ4n) is 5.86. The van der Waals surface area contributed by atoms with Crippen molar-refractivity contribution in [2.75, 3.05) is 5.32 Å². The standard InChI is InChI=1S/C19H21BrClF2NO2/c20-19-7-11-3-12(8-19)6-18(5-11,10-19)9-16(25)24-13-1-2-15(14(21)4-13)26-17(22)23/h1-2,4,11-12,17H,3,5-10H2,(H,24,25)/t11-,12-,18?,19?/m1/s1. The van der Waals surface area contributed by atoms with Gasteiger partial charge >= 0.3 is 6.61 Å². The highest BCUT2D eigenvalue weighted by Crippen LogP contribution is 2.65. The first-order valence-corrected chi connectivity index (χ1v) is 10.1. The van der Waals surface area contributed by atoms with Crippen LogP contribution in [0.5, 0.6) is 5.75 Å². The second kappa shape index (κ2) is 6.62. The first kappa shape index (κ1) is 18.5. The van der Waals surface area contributed by atoms with Gasteiger partial charge in [-0.05, 0) is 74.0 Å². The van der Waals surface area contributed by atoms with Gasteiger partial charge in [-0.25, -0.2) is 0 Å². The minimum Gasteiger partial charge on any atom is -0.433 e. The predicted octanol–water partition coefficient (Wildman–Crippen LogP) is 6.00. The van der Waals surface area contributed by atoms with E-state index in [2.05, 4.69) is 26.0 Å². The molecule has 26 heavy (non-hydrogen) atoms. The second-order valence-corrected chi connectivity index (χ2v) is 10.4. The number of benzene rings is 1. The van der Waals surface area contributed by atoms with Gasteiger partial charge in [-0.1, -0.05) is 27.5 Å². The minimum atomic E-state index is -2.93. The molecule has 0 aromatic heterocycles. The summed E-state index contributed by atoms with van der Waals surface area (Å²) in [7, 11) is 0. The number of nitrogens with one attached hydrogen (secondary N) is 1. The number of hydrogen-bond donors (Lipinski definition) is 1. The third-order valence-corrected chi connectivity index (χ3v) is 7.30. The molecule has 1 amide bonds. The minimum absolute atomic E-state index is 0.0401. The normalized spacial score (nSPS) is 35.0. The van der Waals surface area contributed by atoms with E-state index in [1.54, 1.807) is 0 Å². The van der Waals surface area contributed by atoms with Crippen molar-refractivity contribution in [1.29, 1.82) is 0 Å².